The minimum Gasteiger partial charge on any atom is -0.365 e. The topological polar surface area (TPSA) is 65.1 Å². The van der Waals surface area contributed by atoms with Crippen molar-refractivity contribution >= 4 is 5.91 Å². The number of aryl methyl sites for hydroxylation is 1. The van der Waals surface area contributed by atoms with E-state index in [9.17, 15) is 14.0 Å². The maximum atomic E-state index is 13.3. The number of hydrogen-bond acceptors (Lipinski definition) is 2. The van der Waals surface area contributed by atoms with Gasteiger partial charge in [-0.3, -0.25) is 9.59 Å². The molecule has 5 heteroatoms. The molecule has 1 aromatic heterocycles. The molecular weight excluding hydrogens is 283 g/mol. The van der Waals surface area contributed by atoms with E-state index in [4.69, 9.17) is 5.73 Å². The van der Waals surface area contributed by atoms with Crippen LogP contribution in [0.5, 0.6) is 0 Å². The molecule has 1 amide bonds. The largest absolute Gasteiger partial charge is 0.365 e. The standard InChI is InChI=1S/C17H19FN2O2/c1-9(2)20-8-14(17(19)22)16(21)15(11(20)4)13-6-5-12(18)7-10(13)3/h5-9H,1-4H3,(H2,19,22). The molecule has 0 fully saturated rings. The summed E-state index contributed by atoms with van der Waals surface area (Å²) in [6, 6.07) is 4.28. The van der Waals surface area contributed by atoms with Crippen molar-refractivity contribution in [2.45, 2.75) is 33.7 Å². The third kappa shape index (κ3) is 2.66. The Hall–Kier alpha value is -2.43. The van der Waals surface area contributed by atoms with E-state index in [2.05, 4.69) is 0 Å². The van der Waals surface area contributed by atoms with E-state index in [1.165, 1.54) is 18.3 Å². The number of primary amides is 1. The predicted molar refractivity (Wildman–Crippen MR) is 84.5 cm³/mol. The first kappa shape index (κ1) is 15.9. The van der Waals surface area contributed by atoms with E-state index in [-0.39, 0.29) is 17.4 Å². The molecule has 2 aromatic rings. The Bertz CT molecular complexity index is 807. The summed E-state index contributed by atoms with van der Waals surface area (Å²) >= 11 is 0. The van der Waals surface area contributed by atoms with Crippen molar-refractivity contribution in [1.29, 1.82) is 0 Å². The third-order valence-electron chi connectivity index (χ3n) is 3.77. The van der Waals surface area contributed by atoms with Gasteiger partial charge >= 0.3 is 0 Å². The molecule has 0 aliphatic heterocycles. The lowest BCUT2D eigenvalue weighted by Crippen LogP contribution is -2.27. The second-order valence-corrected chi connectivity index (χ2v) is 5.66. The zero-order valence-electron chi connectivity index (χ0n) is 13.1. The molecule has 1 heterocycles. The number of benzene rings is 1. The van der Waals surface area contributed by atoms with Gasteiger partial charge in [0.25, 0.3) is 5.91 Å². The molecule has 116 valence electrons. The Labute approximate surface area is 128 Å². The van der Waals surface area contributed by atoms with Gasteiger partial charge in [-0.25, -0.2) is 4.39 Å². The normalized spacial score (nSPS) is 11.0. The van der Waals surface area contributed by atoms with Crippen molar-refractivity contribution in [2.24, 2.45) is 5.73 Å². The predicted octanol–water partition coefficient (Wildman–Crippen LogP) is 2.95. The molecule has 0 radical (unpaired) electrons. The number of aromatic nitrogens is 1. The van der Waals surface area contributed by atoms with Gasteiger partial charge in [0, 0.05) is 23.5 Å². The highest BCUT2D eigenvalue weighted by molar-refractivity contribution is 5.94. The van der Waals surface area contributed by atoms with Crippen molar-refractivity contribution in [2.75, 3.05) is 0 Å². The average molecular weight is 302 g/mol. The van der Waals surface area contributed by atoms with Gasteiger partial charge < -0.3 is 10.3 Å². The van der Waals surface area contributed by atoms with E-state index in [1.807, 2.05) is 25.3 Å². The summed E-state index contributed by atoms with van der Waals surface area (Å²) in [6.45, 7) is 7.44. The van der Waals surface area contributed by atoms with Crippen LogP contribution >= 0.6 is 0 Å². The van der Waals surface area contributed by atoms with Gasteiger partial charge in [0.1, 0.15) is 11.4 Å². The molecule has 0 saturated carbocycles. The number of carbonyl (C=O) groups is 1. The van der Waals surface area contributed by atoms with Crippen LogP contribution in [-0.2, 0) is 0 Å². The summed E-state index contributed by atoms with van der Waals surface area (Å²) in [4.78, 5) is 24.2. The number of halogens is 1. The quantitative estimate of drug-likeness (QED) is 0.947. The minimum absolute atomic E-state index is 0.0539. The van der Waals surface area contributed by atoms with Gasteiger partial charge in [-0.05, 0) is 51.0 Å². The van der Waals surface area contributed by atoms with Crippen molar-refractivity contribution in [1.82, 2.24) is 4.57 Å². The van der Waals surface area contributed by atoms with Crippen LogP contribution in [0.3, 0.4) is 0 Å². The lowest BCUT2D eigenvalue weighted by Gasteiger charge is -2.20. The maximum Gasteiger partial charge on any atom is 0.254 e. The highest BCUT2D eigenvalue weighted by atomic mass is 19.1. The number of hydrogen-bond donors (Lipinski definition) is 1. The van der Waals surface area contributed by atoms with Crippen LogP contribution in [0.4, 0.5) is 4.39 Å². The Kier molecular flexibility index (Phi) is 4.17. The highest BCUT2D eigenvalue weighted by Gasteiger charge is 2.19. The molecule has 0 unspecified atom stereocenters. The van der Waals surface area contributed by atoms with E-state index < -0.39 is 11.3 Å². The number of nitrogens with zero attached hydrogens (tertiary/aromatic N) is 1. The first-order chi connectivity index (χ1) is 10.2. The number of amides is 1. The van der Waals surface area contributed by atoms with E-state index >= 15 is 0 Å². The molecule has 1 aromatic carbocycles. The van der Waals surface area contributed by atoms with Crippen molar-refractivity contribution < 1.29 is 9.18 Å². The van der Waals surface area contributed by atoms with Crippen LogP contribution in [0.1, 0.15) is 41.5 Å². The van der Waals surface area contributed by atoms with Gasteiger partial charge in [-0.15, -0.1) is 0 Å². The van der Waals surface area contributed by atoms with Gasteiger partial charge in [0.2, 0.25) is 5.43 Å². The zero-order chi connectivity index (χ0) is 16.6. The fraction of sp³-hybridized carbons (Fsp3) is 0.294. The van der Waals surface area contributed by atoms with Crippen LogP contribution in [-0.4, -0.2) is 10.5 Å². The summed E-state index contributed by atoms with van der Waals surface area (Å²) in [5, 5.41) is 0. The third-order valence-corrected chi connectivity index (χ3v) is 3.77. The lowest BCUT2D eigenvalue weighted by atomic mass is 9.96. The Morgan fingerprint density at radius 3 is 2.41 bits per heavy atom. The Balaban J connectivity index is 2.90. The van der Waals surface area contributed by atoms with Crippen LogP contribution in [0.25, 0.3) is 11.1 Å². The monoisotopic (exact) mass is 302 g/mol. The maximum absolute atomic E-state index is 13.3. The van der Waals surface area contributed by atoms with Gasteiger partial charge in [-0.2, -0.15) is 0 Å². The molecule has 2 N–H and O–H groups in total. The molecule has 0 aliphatic carbocycles. The summed E-state index contributed by atoms with van der Waals surface area (Å²) in [7, 11) is 0. The molecule has 0 saturated heterocycles. The summed E-state index contributed by atoms with van der Waals surface area (Å²) in [5.74, 6) is -1.13. The minimum atomic E-state index is -0.764. The van der Waals surface area contributed by atoms with Crippen LogP contribution < -0.4 is 11.2 Å². The number of nitrogens with two attached hydrogens (primary N) is 1. The van der Waals surface area contributed by atoms with Crippen LogP contribution in [0.15, 0.2) is 29.2 Å². The summed E-state index contributed by atoms with van der Waals surface area (Å²) in [5.41, 5.74) is 7.22. The van der Waals surface area contributed by atoms with E-state index in [1.54, 1.807) is 13.0 Å². The van der Waals surface area contributed by atoms with Crippen molar-refractivity contribution in [3.63, 3.8) is 0 Å². The van der Waals surface area contributed by atoms with Crippen molar-refractivity contribution in [3.05, 3.63) is 57.3 Å². The van der Waals surface area contributed by atoms with E-state index in [0.717, 1.165) is 5.69 Å². The van der Waals surface area contributed by atoms with E-state index in [0.29, 0.717) is 16.7 Å². The second-order valence-electron chi connectivity index (χ2n) is 5.66. The Morgan fingerprint density at radius 2 is 1.91 bits per heavy atom. The summed E-state index contributed by atoms with van der Waals surface area (Å²) < 4.78 is 15.2. The molecular formula is C17H19FN2O2. The number of pyridine rings is 1. The summed E-state index contributed by atoms with van der Waals surface area (Å²) in [6.07, 6.45) is 1.49. The molecule has 4 nitrogen and oxygen atoms in total. The highest BCUT2D eigenvalue weighted by Crippen LogP contribution is 2.26. The molecule has 22 heavy (non-hydrogen) atoms. The molecule has 0 bridgehead atoms. The fourth-order valence-electron chi connectivity index (χ4n) is 2.66. The molecule has 0 spiro atoms. The lowest BCUT2D eigenvalue weighted by molar-refractivity contribution is 0.0998. The number of rotatable bonds is 3. The first-order valence-electron chi connectivity index (χ1n) is 7.06. The van der Waals surface area contributed by atoms with Gasteiger partial charge in [-0.1, -0.05) is 6.07 Å². The molecule has 0 atom stereocenters. The second kappa shape index (κ2) is 5.75. The number of carbonyl (C=O) groups excluding carboxylic acids is 1. The van der Waals surface area contributed by atoms with Crippen LogP contribution in [0.2, 0.25) is 0 Å². The Morgan fingerprint density at radius 1 is 1.27 bits per heavy atom. The molecule has 2 rings (SSSR count). The smallest absolute Gasteiger partial charge is 0.254 e. The van der Waals surface area contributed by atoms with Gasteiger partial charge in [0.15, 0.2) is 0 Å². The SMILES string of the molecule is Cc1cc(F)ccc1-c1c(C)n(C(C)C)cc(C(N)=O)c1=O. The van der Waals surface area contributed by atoms with Crippen molar-refractivity contribution in [3.8, 4) is 11.1 Å². The fourth-order valence-corrected chi connectivity index (χ4v) is 2.66. The van der Waals surface area contributed by atoms with Crippen LogP contribution in [0, 0.1) is 19.7 Å². The molecule has 0 aliphatic rings. The van der Waals surface area contributed by atoms with Gasteiger partial charge in [0.05, 0.1) is 0 Å². The first-order valence-corrected chi connectivity index (χ1v) is 7.06. The average Bonchev–Trinajstić information content (AvgIpc) is 2.40. The zero-order valence-corrected chi connectivity index (χ0v) is 13.1.